The number of fused-ring (bicyclic) bond motifs is 7. The highest BCUT2D eigenvalue weighted by Crippen LogP contribution is 2.41. The number of benzene rings is 6. The SMILES string of the molecule is c1ccc(-c2ccc3c(c2)Oc2cc(-c4cccc(-n5c6ccccc6c6ccccc65)c4)cc4c2B3c2ccc(-c3ccccn3)cc2O4)nc1. The molecule has 0 spiro atoms. The van der Waals surface area contributed by atoms with Gasteiger partial charge in [0, 0.05) is 45.4 Å². The highest BCUT2D eigenvalue weighted by molar-refractivity contribution is 6.98. The number of para-hydroxylation sites is 2. The third-order valence-corrected chi connectivity index (χ3v) is 10.4. The van der Waals surface area contributed by atoms with Gasteiger partial charge in [-0.1, -0.05) is 84.9 Å². The maximum atomic E-state index is 6.85. The maximum absolute atomic E-state index is 6.85. The van der Waals surface area contributed by atoms with Crippen LogP contribution < -0.4 is 25.9 Å². The second-order valence-corrected chi connectivity index (χ2v) is 13.4. The van der Waals surface area contributed by atoms with E-state index in [-0.39, 0.29) is 6.71 Å². The van der Waals surface area contributed by atoms with Crippen LogP contribution in [0.5, 0.6) is 23.0 Å². The lowest BCUT2D eigenvalue weighted by Gasteiger charge is -2.33. The van der Waals surface area contributed by atoms with E-state index < -0.39 is 0 Å². The average Bonchev–Trinajstić information content (AvgIpc) is 3.55. The number of hydrogen-bond donors (Lipinski definition) is 0. The quantitative estimate of drug-likeness (QED) is 0.176. The Morgan fingerprint density at radius 1 is 0.423 bits per heavy atom. The molecule has 5 heterocycles. The summed E-state index contributed by atoms with van der Waals surface area (Å²) in [6.45, 7) is -0.0638. The Morgan fingerprint density at radius 3 is 1.52 bits per heavy atom. The molecule has 2 aliphatic rings. The van der Waals surface area contributed by atoms with Gasteiger partial charge in [-0.2, -0.15) is 0 Å². The molecule has 11 rings (SSSR count). The van der Waals surface area contributed by atoms with Crippen molar-refractivity contribution < 1.29 is 9.47 Å². The van der Waals surface area contributed by atoms with Crippen molar-refractivity contribution in [1.82, 2.24) is 14.5 Å². The number of nitrogens with zero attached hydrogens (tertiary/aromatic N) is 3. The van der Waals surface area contributed by atoms with Crippen LogP contribution >= 0.6 is 0 Å². The summed E-state index contributed by atoms with van der Waals surface area (Å²) in [5.41, 5.74) is 12.6. The van der Waals surface area contributed by atoms with Gasteiger partial charge in [0.2, 0.25) is 0 Å². The van der Waals surface area contributed by atoms with Gasteiger partial charge < -0.3 is 14.0 Å². The molecule has 3 aromatic heterocycles. The van der Waals surface area contributed by atoms with Gasteiger partial charge in [-0.05, 0) is 94.8 Å². The van der Waals surface area contributed by atoms with E-state index in [2.05, 4.69) is 136 Å². The zero-order valence-corrected chi connectivity index (χ0v) is 27.9. The molecule has 6 heteroatoms. The molecule has 0 amide bonds. The fourth-order valence-electron chi connectivity index (χ4n) is 8.07. The van der Waals surface area contributed by atoms with Crippen LogP contribution in [-0.4, -0.2) is 21.2 Å². The number of pyridine rings is 2. The Bertz CT molecular complexity index is 2700. The second-order valence-electron chi connectivity index (χ2n) is 13.4. The van der Waals surface area contributed by atoms with Crippen molar-refractivity contribution in [3.05, 3.63) is 170 Å². The first kappa shape index (κ1) is 28.9. The number of rotatable bonds is 4. The molecule has 0 saturated carbocycles. The molecular weight excluding hydrogens is 637 g/mol. The third-order valence-electron chi connectivity index (χ3n) is 10.4. The molecule has 0 fully saturated rings. The number of aromatic nitrogens is 3. The Kier molecular flexibility index (Phi) is 6.28. The van der Waals surface area contributed by atoms with Gasteiger partial charge in [-0.3, -0.25) is 9.97 Å². The van der Waals surface area contributed by atoms with Crippen molar-refractivity contribution in [2.24, 2.45) is 0 Å². The van der Waals surface area contributed by atoms with Crippen LogP contribution in [0.2, 0.25) is 0 Å². The average molecular weight is 666 g/mol. The molecule has 0 atom stereocenters. The van der Waals surface area contributed by atoms with Crippen LogP contribution in [0.25, 0.3) is 61.1 Å². The molecule has 0 saturated heterocycles. The summed E-state index contributed by atoms with van der Waals surface area (Å²) in [4.78, 5) is 9.24. The molecule has 5 nitrogen and oxygen atoms in total. The fraction of sp³-hybridized carbons (Fsp3) is 0. The molecule has 0 bridgehead atoms. The minimum Gasteiger partial charge on any atom is -0.458 e. The summed E-state index contributed by atoms with van der Waals surface area (Å²) >= 11 is 0. The van der Waals surface area contributed by atoms with Crippen LogP contribution in [0.1, 0.15) is 0 Å². The van der Waals surface area contributed by atoms with Gasteiger partial charge >= 0.3 is 0 Å². The number of ether oxygens (including phenoxy) is 2. The maximum Gasteiger partial charge on any atom is 0.260 e. The van der Waals surface area contributed by atoms with E-state index in [0.29, 0.717) is 0 Å². The summed E-state index contributed by atoms with van der Waals surface area (Å²) in [6.07, 6.45) is 3.65. The molecule has 0 radical (unpaired) electrons. The van der Waals surface area contributed by atoms with E-state index in [9.17, 15) is 0 Å². The highest BCUT2D eigenvalue weighted by Gasteiger charge is 2.40. The topological polar surface area (TPSA) is 49.2 Å². The van der Waals surface area contributed by atoms with E-state index in [0.717, 1.165) is 78.7 Å². The zero-order chi connectivity index (χ0) is 34.2. The van der Waals surface area contributed by atoms with E-state index in [1.54, 1.807) is 0 Å². The first-order chi connectivity index (χ1) is 25.8. The molecule has 0 unspecified atom stereocenters. The summed E-state index contributed by atoms with van der Waals surface area (Å²) in [7, 11) is 0. The van der Waals surface area contributed by atoms with E-state index in [1.807, 2.05) is 48.8 Å². The van der Waals surface area contributed by atoms with Crippen LogP contribution in [-0.2, 0) is 0 Å². The Hall–Kier alpha value is -6.92. The van der Waals surface area contributed by atoms with E-state index in [1.165, 1.54) is 21.8 Å². The summed E-state index contributed by atoms with van der Waals surface area (Å²) < 4.78 is 16.1. The smallest absolute Gasteiger partial charge is 0.260 e. The van der Waals surface area contributed by atoms with E-state index in [4.69, 9.17) is 9.47 Å². The standard InChI is InChI=1S/C46H28BN3O2/c1-3-16-40-34(12-1)35-13-2-4-17-41(35)50(40)33-11-9-10-29(24-33)32-27-44-46-45(28-32)52-43-26-31(39-15-6-8-23-49-39)19-21-37(43)47(46)36-20-18-30(25-42(36)51-44)38-14-5-7-22-48-38/h1-28H. The van der Waals surface area contributed by atoms with Crippen LogP contribution in [0.15, 0.2) is 170 Å². The van der Waals surface area contributed by atoms with Gasteiger partial charge in [0.25, 0.3) is 6.71 Å². The minimum atomic E-state index is -0.0638. The van der Waals surface area contributed by atoms with Crippen LogP contribution in [0.4, 0.5) is 0 Å². The van der Waals surface area contributed by atoms with Crippen molar-refractivity contribution in [1.29, 1.82) is 0 Å². The summed E-state index contributed by atoms with van der Waals surface area (Å²) in [6, 6.07) is 55.1. The molecule has 2 aliphatic heterocycles. The predicted octanol–water partition coefficient (Wildman–Crippen LogP) is 9.30. The van der Waals surface area contributed by atoms with Crippen LogP contribution in [0.3, 0.4) is 0 Å². The Balaban J connectivity index is 1.09. The van der Waals surface area contributed by atoms with Crippen molar-refractivity contribution >= 4 is 44.9 Å². The van der Waals surface area contributed by atoms with Crippen molar-refractivity contribution in [2.45, 2.75) is 0 Å². The molecule has 52 heavy (non-hydrogen) atoms. The Morgan fingerprint density at radius 2 is 0.962 bits per heavy atom. The predicted molar refractivity (Wildman–Crippen MR) is 210 cm³/mol. The van der Waals surface area contributed by atoms with Gasteiger partial charge in [0.15, 0.2) is 0 Å². The Labute approximate surface area is 300 Å². The molecule has 6 aromatic carbocycles. The summed E-state index contributed by atoms with van der Waals surface area (Å²) in [5, 5.41) is 2.48. The van der Waals surface area contributed by atoms with Crippen molar-refractivity contribution in [2.75, 3.05) is 0 Å². The third kappa shape index (κ3) is 4.44. The monoisotopic (exact) mass is 665 g/mol. The van der Waals surface area contributed by atoms with Gasteiger partial charge in [0.1, 0.15) is 23.0 Å². The van der Waals surface area contributed by atoms with Gasteiger partial charge in [-0.25, -0.2) is 0 Å². The lowest BCUT2D eigenvalue weighted by atomic mass is 9.34. The molecule has 0 aliphatic carbocycles. The first-order valence-electron chi connectivity index (χ1n) is 17.5. The highest BCUT2D eigenvalue weighted by atomic mass is 16.5. The number of hydrogen-bond acceptors (Lipinski definition) is 4. The molecule has 9 aromatic rings. The lowest BCUT2D eigenvalue weighted by molar-refractivity contribution is 0.465. The lowest BCUT2D eigenvalue weighted by Crippen LogP contribution is -2.57. The first-order valence-corrected chi connectivity index (χ1v) is 17.5. The second kappa shape index (κ2) is 11.3. The van der Waals surface area contributed by atoms with Gasteiger partial charge in [0.05, 0.1) is 22.4 Å². The normalized spacial score (nSPS) is 12.5. The van der Waals surface area contributed by atoms with Gasteiger partial charge in [-0.15, -0.1) is 0 Å². The van der Waals surface area contributed by atoms with E-state index >= 15 is 0 Å². The summed E-state index contributed by atoms with van der Waals surface area (Å²) in [5.74, 6) is 3.24. The van der Waals surface area contributed by atoms with Crippen molar-refractivity contribution in [3.8, 4) is 62.3 Å². The zero-order valence-electron chi connectivity index (χ0n) is 27.9. The molecular formula is C46H28BN3O2. The largest absolute Gasteiger partial charge is 0.458 e. The van der Waals surface area contributed by atoms with Crippen molar-refractivity contribution in [3.63, 3.8) is 0 Å². The minimum absolute atomic E-state index is 0.0638. The molecule has 242 valence electrons. The molecule has 0 N–H and O–H groups in total. The van der Waals surface area contributed by atoms with Crippen LogP contribution in [0, 0.1) is 0 Å². The fourth-order valence-corrected chi connectivity index (χ4v) is 8.07.